The molecule has 0 aliphatic heterocycles. The summed E-state index contributed by atoms with van der Waals surface area (Å²) >= 11 is 0. The Morgan fingerprint density at radius 3 is 1.11 bits per heavy atom. The maximum atomic E-state index is 12.7. The second-order valence-corrected chi connectivity index (χ2v) is 16.3. The lowest BCUT2D eigenvalue weighted by atomic mass is 10.1. The van der Waals surface area contributed by atoms with Gasteiger partial charge >= 0.3 is 17.9 Å². The number of allylic oxidation sites excluding steroid dienone is 14. The molecular formula is C55H92O6. The maximum absolute atomic E-state index is 12.7. The van der Waals surface area contributed by atoms with Crippen molar-refractivity contribution >= 4 is 17.9 Å². The predicted octanol–water partition coefficient (Wildman–Crippen LogP) is 16.4. The normalized spacial score (nSPS) is 12.8. The minimum absolute atomic E-state index is 0.112. The highest BCUT2D eigenvalue weighted by Crippen LogP contribution is 2.13. The van der Waals surface area contributed by atoms with Gasteiger partial charge in [-0.15, -0.1) is 0 Å². The summed E-state index contributed by atoms with van der Waals surface area (Å²) in [4.78, 5) is 37.9. The SMILES string of the molecule is CC/C=C\C/C=C\C/C=C\C/C=C\CCC(=O)OC(COC(=O)CCCCCCC/C=C\CCCCCC)COC(=O)CCCCCCCCC/C=C\C/C=C\CCCCC. The molecule has 0 aliphatic carbocycles. The van der Waals surface area contributed by atoms with Crippen LogP contribution in [0.25, 0.3) is 0 Å². The Morgan fingerprint density at radius 2 is 0.672 bits per heavy atom. The van der Waals surface area contributed by atoms with Crippen LogP contribution in [0.15, 0.2) is 85.1 Å². The van der Waals surface area contributed by atoms with Gasteiger partial charge in [-0.3, -0.25) is 14.4 Å². The van der Waals surface area contributed by atoms with E-state index in [9.17, 15) is 14.4 Å². The van der Waals surface area contributed by atoms with Gasteiger partial charge in [-0.1, -0.05) is 189 Å². The monoisotopic (exact) mass is 849 g/mol. The van der Waals surface area contributed by atoms with Gasteiger partial charge in [0.15, 0.2) is 6.10 Å². The van der Waals surface area contributed by atoms with E-state index in [-0.39, 0.29) is 31.6 Å². The molecule has 6 heteroatoms. The van der Waals surface area contributed by atoms with Crippen LogP contribution < -0.4 is 0 Å². The molecule has 0 N–H and O–H groups in total. The summed E-state index contributed by atoms with van der Waals surface area (Å²) in [5.74, 6) is -1.01. The molecular weight excluding hydrogens is 757 g/mol. The van der Waals surface area contributed by atoms with Crippen LogP contribution in [-0.2, 0) is 28.6 Å². The predicted molar refractivity (Wildman–Crippen MR) is 261 cm³/mol. The molecule has 0 amide bonds. The van der Waals surface area contributed by atoms with Crippen LogP contribution in [0.4, 0.5) is 0 Å². The first-order valence-corrected chi connectivity index (χ1v) is 25.1. The molecule has 61 heavy (non-hydrogen) atoms. The fraction of sp³-hybridized carbons (Fsp3) is 0.691. The fourth-order valence-electron chi connectivity index (χ4n) is 6.60. The van der Waals surface area contributed by atoms with Crippen molar-refractivity contribution in [3.05, 3.63) is 85.1 Å². The lowest BCUT2D eigenvalue weighted by Crippen LogP contribution is -2.30. The summed E-state index contributed by atoms with van der Waals surface area (Å²) < 4.78 is 16.7. The number of hydrogen-bond donors (Lipinski definition) is 0. The topological polar surface area (TPSA) is 78.9 Å². The van der Waals surface area contributed by atoms with Gasteiger partial charge in [-0.2, -0.15) is 0 Å². The highest BCUT2D eigenvalue weighted by Gasteiger charge is 2.19. The molecule has 0 aliphatic rings. The molecule has 0 aromatic carbocycles. The van der Waals surface area contributed by atoms with E-state index < -0.39 is 12.1 Å². The number of carbonyl (C=O) groups excluding carboxylic acids is 3. The summed E-state index contributed by atoms with van der Waals surface area (Å²) in [7, 11) is 0. The fourth-order valence-corrected chi connectivity index (χ4v) is 6.60. The van der Waals surface area contributed by atoms with Crippen LogP contribution in [0.2, 0.25) is 0 Å². The van der Waals surface area contributed by atoms with Crippen molar-refractivity contribution < 1.29 is 28.6 Å². The summed E-state index contributed by atoms with van der Waals surface area (Å²) in [6.45, 7) is 6.39. The largest absolute Gasteiger partial charge is 0.462 e. The molecule has 348 valence electrons. The van der Waals surface area contributed by atoms with Gasteiger partial charge in [0.2, 0.25) is 0 Å². The quantitative estimate of drug-likeness (QED) is 0.0263. The van der Waals surface area contributed by atoms with Crippen LogP contribution in [0.3, 0.4) is 0 Å². The highest BCUT2D eigenvalue weighted by atomic mass is 16.6. The molecule has 0 saturated carbocycles. The van der Waals surface area contributed by atoms with E-state index in [1.807, 2.05) is 12.2 Å². The van der Waals surface area contributed by atoms with Crippen molar-refractivity contribution in [2.45, 2.75) is 232 Å². The smallest absolute Gasteiger partial charge is 0.306 e. The Morgan fingerprint density at radius 1 is 0.344 bits per heavy atom. The van der Waals surface area contributed by atoms with Gasteiger partial charge in [-0.25, -0.2) is 0 Å². The van der Waals surface area contributed by atoms with Crippen LogP contribution in [0.5, 0.6) is 0 Å². The van der Waals surface area contributed by atoms with E-state index in [0.717, 1.165) is 89.9 Å². The second-order valence-electron chi connectivity index (χ2n) is 16.3. The third-order valence-electron chi connectivity index (χ3n) is 10.4. The molecule has 0 saturated heterocycles. The van der Waals surface area contributed by atoms with E-state index in [0.29, 0.717) is 19.3 Å². The van der Waals surface area contributed by atoms with Crippen LogP contribution >= 0.6 is 0 Å². The first-order chi connectivity index (χ1) is 30.0. The molecule has 1 atom stereocenters. The third-order valence-corrected chi connectivity index (χ3v) is 10.4. The standard InChI is InChI=1S/C55H92O6/c1-4-7-10-13-16-19-22-25-26-27-28-31-33-36-39-42-45-48-54(57)60-51-52(61-55(58)49-46-43-40-37-34-30-24-21-18-15-12-9-6-3)50-59-53(56)47-44-41-38-35-32-29-23-20-17-14-11-8-5-2/h9,12,16,18-21,23,25-26,30,34,40,43,52H,4-8,10-11,13-15,17,22,24,27-29,31-33,35-39,41-42,44-51H2,1-3H3/b12-9-,19-16-,21-18-,23-20-,26-25-,34-30-,43-40-. The van der Waals surface area contributed by atoms with E-state index >= 15 is 0 Å². The average molecular weight is 849 g/mol. The molecule has 0 rings (SSSR count). The number of esters is 3. The molecule has 0 heterocycles. The van der Waals surface area contributed by atoms with Crippen molar-refractivity contribution in [1.29, 1.82) is 0 Å². The molecule has 0 fully saturated rings. The Kier molecular flexibility index (Phi) is 46.5. The second kappa shape index (κ2) is 49.2. The Labute approximate surface area is 375 Å². The summed E-state index contributed by atoms with van der Waals surface area (Å²) in [5, 5.41) is 0. The number of ether oxygens (including phenoxy) is 3. The van der Waals surface area contributed by atoms with Crippen molar-refractivity contribution in [2.24, 2.45) is 0 Å². The molecule has 0 spiro atoms. The Hall–Kier alpha value is -3.41. The number of hydrogen-bond acceptors (Lipinski definition) is 6. The summed E-state index contributed by atoms with van der Waals surface area (Å²) in [6.07, 6.45) is 62.9. The zero-order valence-corrected chi connectivity index (χ0v) is 39.7. The number of unbranched alkanes of at least 4 members (excludes halogenated alkanes) is 19. The summed E-state index contributed by atoms with van der Waals surface area (Å²) in [5.41, 5.74) is 0. The average Bonchev–Trinajstić information content (AvgIpc) is 3.26. The van der Waals surface area contributed by atoms with E-state index in [4.69, 9.17) is 14.2 Å². The van der Waals surface area contributed by atoms with Gasteiger partial charge in [0.25, 0.3) is 0 Å². The highest BCUT2D eigenvalue weighted by molar-refractivity contribution is 5.71. The molecule has 0 aromatic rings. The Balaban J connectivity index is 4.48. The number of carbonyl (C=O) groups is 3. The van der Waals surface area contributed by atoms with Crippen LogP contribution in [-0.4, -0.2) is 37.2 Å². The minimum Gasteiger partial charge on any atom is -0.462 e. The van der Waals surface area contributed by atoms with Crippen molar-refractivity contribution in [3.63, 3.8) is 0 Å². The van der Waals surface area contributed by atoms with Gasteiger partial charge < -0.3 is 14.2 Å². The molecule has 6 nitrogen and oxygen atoms in total. The summed E-state index contributed by atoms with van der Waals surface area (Å²) in [6, 6.07) is 0. The van der Waals surface area contributed by atoms with E-state index in [1.54, 1.807) is 0 Å². The zero-order chi connectivity index (χ0) is 44.4. The first kappa shape index (κ1) is 57.6. The van der Waals surface area contributed by atoms with Crippen LogP contribution in [0, 0.1) is 0 Å². The van der Waals surface area contributed by atoms with Crippen molar-refractivity contribution in [3.8, 4) is 0 Å². The molecule has 1 unspecified atom stereocenters. The lowest BCUT2D eigenvalue weighted by molar-refractivity contribution is -0.166. The van der Waals surface area contributed by atoms with Gasteiger partial charge in [0.05, 0.1) is 0 Å². The molecule has 0 radical (unpaired) electrons. The zero-order valence-electron chi connectivity index (χ0n) is 39.7. The van der Waals surface area contributed by atoms with Crippen molar-refractivity contribution in [2.75, 3.05) is 13.2 Å². The van der Waals surface area contributed by atoms with Gasteiger partial charge in [0.1, 0.15) is 13.2 Å². The minimum atomic E-state index is -0.820. The van der Waals surface area contributed by atoms with Gasteiger partial charge in [-0.05, 0) is 103 Å². The maximum Gasteiger partial charge on any atom is 0.306 e. The number of rotatable bonds is 44. The van der Waals surface area contributed by atoms with Crippen LogP contribution in [0.1, 0.15) is 226 Å². The lowest BCUT2D eigenvalue weighted by Gasteiger charge is -2.18. The van der Waals surface area contributed by atoms with Gasteiger partial charge in [0, 0.05) is 19.3 Å². The molecule has 0 aromatic heterocycles. The van der Waals surface area contributed by atoms with E-state index in [2.05, 4.69) is 93.7 Å². The third kappa shape index (κ3) is 47.5. The Bertz CT molecular complexity index is 1200. The van der Waals surface area contributed by atoms with E-state index in [1.165, 1.54) is 89.9 Å². The van der Waals surface area contributed by atoms with Crippen molar-refractivity contribution in [1.82, 2.24) is 0 Å². The molecule has 0 bridgehead atoms. The first-order valence-electron chi connectivity index (χ1n) is 25.1.